The number of aromatic nitrogens is 2. The molecule has 150 valence electrons. The van der Waals surface area contributed by atoms with Crippen LogP contribution in [0, 0.1) is 17.2 Å². The molecule has 6 nitrogen and oxygen atoms in total. The molecule has 3 rings (SSSR count). The number of nitrogens with zero attached hydrogens (tertiary/aromatic N) is 3. The highest BCUT2D eigenvalue weighted by Gasteiger charge is 2.14. The van der Waals surface area contributed by atoms with Crippen LogP contribution in [0.4, 0.5) is 0 Å². The predicted octanol–water partition coefficient (Wildman–Crippen LogP) is 3.94. The molecule has 0 amide bonds. The fraction of sp³-hybridized carbons (Fsp3) is 0.304. The zero-order valence-electron chi connectivity index (χ0n) is 17.0. The minimum Gasteiger partial charge on any atom is -0.439 e. The normalized spacial score (nSPS) is 12.0. The lowest BCUT2D eigenvalue weighted by atomic mass is 10.00. The Morgan fingerprint density at radius 3 is 2.52 bits per heavy atom. The van der Waals surface area contributed by atoms with Crippen LogP contribution >= 0.6 is 0 Å². The average molecular weight is 390 g/mol. The Morgan fingerprint density at radius 1 is 1.17 bits per heavy atom. The first-order valence-corrected chi connectivity index (χ1v) is 9.64. The largest absolute Gasteiger partial charge is 0.439 e. The number of rotatable bonds is 7. The van der Waals surface area contributed by atoms with Crippen LogP contribution in [0.15, 0.2) is 48.5 Å². The number of ether oxygens (including phenoxy) is 1. The summed E-state index contributed by atoms with van der Waals surface area (Å²) in [4.78, 5) is 0. The van der Waals surface area contributed by atoms with E-state index in [1.165, 1.54) is 0 Å². The standard InChI is InChI=1S/C23H26N4O2/c1-15(2)10-19-12-23(27(3)26-19)29-22-11-16(13-24)4-9-20(22)17-5-7-18(8-6-17)21(28)14-25/h4-9,11-12,15,21,28H,10,14,25H2,1-3H3. The third-order valence-electron chi connectivity index (χ3n) is 4.66. The van der Waals surface area contributed by atoms with E-state index in [0.29, 0.717) is 23.1 Å². The molecule has 0 bridgehead atoms. The summed E-state index contributed by atoms with van der Waals surface area (Å²) in [5, 5.41) is 23.7. The molecule has 3 N–H and O–H groups in total. The molecular formula is C23H26N4O2. The molecule has 1 heterocycles. The van der Waals surface area contributed by atoms with Crippen molar-refractivity contribution in [2.24, 2.45) is 18.7 Å². The number of hydrogen-bond acceptors (Lipinski definition) is 5. The van der Waals surface area contributed by atoms with Gasteiger partial charge in [-0.1, -0.05) is 38.1 Å². The first kappa shape index (κ1) is 20.6. The molecule has 0 aliphatic rings. The number of benzene rings is 2. The van der Waals surface area contributed by atoms with E-state index in [1.54, 1.807) is 16.8 Å². The van der Waals surface area contributed by atoms with Gasteiger partial charge < -0.3 is 15.6 Å². The van der Waals surface area contributed by atoms with Crippen LogP contribution in [0.3, 0.4) is 0 Å². The molecule has 0 spiro atoms. The maximum absolute atomic E-state index is 9.91. The topological polar surface area (TPSA) is 97.1 Å². The van der Waals surface area contributed by atoms with Crippen molar-refractivity contribution in [1.82, 2.24) is 9.78 Å². The van der Waals surface area contributed by atoms with Crippen LogP contribution in [0.2, 0.25) is 0 Å². The number of aliphatic hydroxyl groups is 1. The van der Waals surface area contributed by atoms with Crippen molar-refractivity contribution < 1.29 is 9.84 Å². The van der Waals surface area contributed by atoms with Crippen LogP contribution in [0.5, 0.6) is 11.6 Å². The smallest absolute Gasteiger partial charge is 0.217 e. The van der Waals surface area contributed by atoms with Gasteiger partial charge in [0, 0.05) is 25.2 Å². The van der Waals surface area contributed by atoms with Gasteiger partial charge in [-0.15, -0.1) is 0 Å². The zero-order chi connectivity index (χ0) is 21.0. The van der Waals surface area contributed by atoms with Gasteiger partial charge in [-0.2, -0.15) is 10.4 Å². The highest BCUT2D eigenvalue weighted by atomic mass is 16.5. The van der Waals surface area contributed by atoms with Gasteiger partial charge in [-0.25, -0.2) is 4.68 Å². The monoisotopic (exact) mass is 390 g/mol. The van der Waals surface area contributed by atoms with Gasteiger partial charge in [0.05, 0.1) is 23.4 Å². The van der Waals surface area contributed by atoms with Gasteiger partial charge in [-0.05, 0) is 41.7 Å². The highest BCUT2D eigenvalue weighted by Crippen LogP contribution is 2.35. The summed E-state index contributed by atoms with van der Waals surface area (Å²) in [6.45, 7) is 4.47. The first-order valence-electron chi connectivity index (χ1n) is 9.64. The molecule has 0 saturated heterocycles. The van der Waals surface area contributed by atoms with Gasteiger partial charge in [0.25, 0.3) is 0 Å². The molecule has 6 heteroatoms. The number of aliphatic hydroxyl groups excluding tert-OH is 1. The SMILES string of the molecule is CC(C)Cc1cc(Oc2cc(C#N)ccc2-c2ccc(C(O)CN)cc2)n(C)n1. The van der Waals surface area contributed by atoms with Crippen LogP contribution in [-0.4, -0.2) is 21.4 Å². The Morgan fingerprint density at radius 2 is 1.90 bits per heavy atom. The Labute approximate surface area is 171 Å². The van der Waals surface area contributed by atoms with Crippen molar-refractivity contribution in [1.29, 1.82) is 5.26 Å². The van der Waals surface area contributed by atoms with Gasteiger partial charge in [0.2, 0.25) is 5.88 Å². The van der Waals surface area contributed by atoms with Crippen LogP contribution < -0.4 is 10.5 Å². The molecule has 3 aromatic rings. The van der Waals surface area contributed by atoms with Gasteiger partial charge in [0.1, 0.15) is 5.75 Å². The summed E-state index contributed by atoms with van der Waals surface area (Å²) < 4.78 is 7.89. The number of nitrogens with two attached hydrogens (primary N) is 1. The second kappa shape index (κ2) is 8.91. The Balaban J connectivity index is 1.96. The van der Waals surface area contributed by atoms with Gasteiger partial charge in [-0.3, -0.25) is 0 Å². The molecule has 1 atom stereocenters. The second-order valence-corrected chi connectivity index (χ2v) is 7.49. The quantitative estimate of drug-likeness (QED) is 0.637. The molecule has 0 radical (unpaired) electrons. The van der Waals surface area contributed by atoms with E-state index in [9.17, 15) is 10.4 Å². The summed E-state index contributed by atoms with van der Waals surface area (Å²) in [7, 11) is 1.84. The molecule has 0 saturated carbocycles. The fourth-order valence-electron chi connectivity index (χ4n) is 3.17. The van der Waals surface area contributed by atoms with Crippen molar-refractivity contribution in [2.45, 2.75) is 26.4 Å². The Hall–Kier alpha value is -3.14. The van der Waals surface area contributed by atoms with Crippen molar-refractivity contribution in [3.63, 3.8) is 0 Å². The van der Waals surface area contributed by atoms with Crippen molar-refractivity contribution >= 4 is 0 Å². The van der Waals surface area contributed by atoms with Crippen LogP contribution in [-0.2, 0) is 13.5 Å². The first-order chi connectivity index (χ1) is 13.9. The lowest BCUT2D eigenvalue weighted by Crippen LogP contribution is -2.11. The highest BCUT2D eigenvalue weighted by molar-refractivity contribution is 5.72. The van der Waals surface area contributed by atoms with Crippen molar-refractivity contribution in [3.05, 3.63) is 65.4 Å². The third-order valence-corrected chi connectivity index (χ3v) is 4.66. The summed E-state index contributed by atoms with van der Waals surface area (Å²) in [5.41, 5.74) is 9.55. The molecular weight excluding hydrogens is 364 g/mol. The van der Waals surface area contributed by atoms with Crippen molar-refractivity contribution in [2.75, 3.05) is 6.54 Å². The second-order valence-electron chi connectivity index (χ2n) is 7.49. The maximum atomic E-state index is 9.91. The minimum absolute atomic E-state index is 0.170. The van der Waals surface area contributed by atoms with E-state index in [-0.39, 0.29) is 6.54 Å². The minimum atomic E-state index is -0.686. The van der Waals surface area contributed by atoms with Crippen LogP contribution in [0.25, 0.3) is 11.1 Å². The number of hydrogen-bond donors (Lipinski definition) is 2. The van der Waals surface area contributed by atoms with Gasteiger partial charge >= 0.3 is 0 Å². The van der Waals surface area contributed by atoms with E-state index in [0.717, 1.165) is 28.8 Å². The summed E-state index contributed by atoms with van der Waals surface area (Å²) in [6, 6.07) is 17.0. The molecule has 2 aromatic carbocycles. The van der Waals surface area contributed by atoms with E-state index in [4.69, 9.17) is 10.5 Å². The lowest BCUT2D eigenvalue weighted by Gasteiger charge is -2.13. The molecule has 0 fully saturated rings. The van der Waals surface area contributed by atoms with E-state index < -0.39 is 6.10 Å². The Bertz CT molecular complexity index is 1020. The summed E-state index contributed by atoms with van der Waals surface area (Å²) >= 11 is 0. The van der Waals surface area contributed by atoms with E-state index >= 15 is 0 Å². The molecule has 1 unspecified atom stereocenters. The van der Waals surface area contributed by atoms with Crippen molar-refractivity contribution in [3.8, 4) is 28.8 Å². The van der Waals surface area contributed by atoms with E-state index in [2.05, 4.69) is 25.0 Å². The average Bonchev–Trinajstić information content (AvgIpc) is 3.05. The molecule has 29 heavy (non-hydrogen) atoms. The zero-order valence-corrected chi connectivity index (χ0v) is 17.0. The summed E-state index contributed by atoms with van der Waals surface area (Å²) in [6.07, 6.45) is 0.183. The summed E-state index contributed by atoms with van der Waals surface area (Å²) in [5.74, 6) is 1.69. The van der Waals surface area contributed by atoms with Gasteiger partial charge in [0.15, 0.2) is 0 Å². The maximum Gasteiger partial charge on any atom is 0.217 e. The Kier molecular flexibility index (Phi) is 6.32. The third kappa shape index (κ3) is 4.83. The fourth-order valence-corrected chi connectivity index (χ4v) is 3.17. The number of aryl methyl sites for hydroxylation is 1. The van der Waals surface area contributed by atoms with Crippen LogP contribution in [0.1, 0.15) is 36.8 Å². The number of nitriles is 1. The lowest BCUT2D eigenvalue weighted by molar-refractivity contribution is 0.187. The molecule has 0 aliphatic carbocycles. The molecule has 0 aliphatic heterocycles. The molecule has 1 aromatic heterocycles. The van der Waals surface area contributed by atoms with E-state index in [1.807, 2.05) is 43.4 Å². The predicted molar refractivity (Wildman–Crippen MR) is 112 cm³/mol.